The molecule has 0 saturated carbocycles. The zero-order valence-corrected chi connectivity index (χ0v) is 7.21. The van der Waals surface area contributed by atoms with Crippen molar-refractivity contribution in [1.82, 2.24) is 10.1 Å². The molecule has 0 radical (unpaired) electrons. The third kappa shape index (κ3) is 1.13. The predicted molar refractivity (Wildman–Crippen MR) is 44.4 cm³/mol. The van der Waals surface area contributed by atoms with Crippen molar-refractivity contribution in [1.29, 1.82) is 0 Å². The van der Waals surface area contributed by atoms with E-state index in [1.165, 1.54) is 5.56 Å². The molecule has 2 N–H and O–H groups in total. The predicted octanol–water partition coefficient (Wildman–Crippen LogP) is 0.121. The molecule has 0 aromatic carbocycles. The van der Waals surface area contributed by atoms with E-state index in [0.29, 0.717) is 6.54 Å². The summed E-state index contributed by atoms with van der Waals surface area (Å²) < 4.78 is 5.11. The number of fused-ring (bicyclic) bond motifs is 1. The van der Waals surface area contributed by atoms with Crippen LogP contribution in [0.1, 0.15) is 17.0 Å². The van der Waals surface area contributed by atoms with Crippen molar-refractivity contribution in [3.8, 4) is 0 Å². The molecule has 0 fully saturated rings. The first-order valence-electron chi connectivity index (χ1n) is 4.16. The topological polar surface area (TPSA) is 55.3 Å². The largest absolute Gasteiger partial charge is 0.359 e. The van der Waals surface area contributed by atoms with Crippen molar-refractivity contribution < 1.29 is 4.52 Å². The van der Waals surface area contributed by atoms with Crippen LogP contribution in [-0.4, -0.2) is 23.6 Å². The maximum absolute atomic E-state index is 5.51. The molecule has 4 heteroatoms. The first-order chi connectivity index (χ1) is 5.81. The first kappa shape index (κ1) is 7.76. The van der Waals surface area contributed by atoms with E-state index in [0.717, 1.165) is 31.0 Å². The lowest BCUT2D eigenvalue weighted by molar-refractivity contribution is 0.301. The summed E-state index contributed by atoms with van der Waals surface area (Å²) in [6, 6.07) is 0. The lowest BCUT2D eigenvalue weighted by atomic mass is 10.1. The standard InChI is InChI=1S/C8H13N3O/c1-11-3-2-6-7(5-11)10-12-8(6)4-9/h2-5,9H2,1H3. The average molecular weight is 167 g/mol. The molecule has 2 heterocycles. The number of nitrogens with zero attached hydrogens (tertiary/aromatic N) is 2. The molecule has 0 amide bonds. The molecule has 4 nitrogen and oxygen atoms in total. The summed E-state index contributed by atoms with van der Waals surface area (Å²) in [4.78, 5) is 2.23. The Balaban J connectivity index is 2.32. The number of hydrogen-bond donors (Lipinski definition) is 1. The summed E-state index contributed by atoms with van der Waals surface area (Å²) in [7, 11) is 2.08. The van der Waals surface area contributed by atoms with Gasteiger partial charge in [-0.2, -0.15) is 0 Å². The van der Waals surface area contributed by atoms with E-state index in [9.17, 15) is 0 Å². The Morgan fingerprint density at radius 2 is 2.50 bits per heavy atom. The minimum Gasteiger partial charge on any atom is -0.359 e. The summed E-state index contributed by atoms with van der Waals surface area (Å²) in [6.45, 7) is 2.42. The van der Waals surface area contributed by atoms with Gasteiger partial charge in [0.2, 0.25) is 0 Å². The molecule has 12 heavy (non-hydrogen) atoms. The zero-order valence-electron chi connectivity index (χ0n) is 7.21. The van der Waals surface area contributed by atoms with Gasteiger partial charge in [0, 0.05) is 18.7 Å². The van der Waals surface area contributed by atoms with Gasteiger partial charge < -0.3 is 15.2 Å². The van der Waals surface area contributed by atoms with E-state index in [-0.39, 0.29) is 0 Å². The second-order valence-electron chi connectivity index (χ2n) is 3.22. The van der Waals surface area contributed by atoms with Crippen LogP contribution in [0.3, 0.4) is 0 Å². The second-order valence-corrected chi connectivity index (χ2v) is 3.22. The van der Waals surface area contributed by atoms with Crippen molar-refractivity contribution in [3.63, 3.8) is 0 Å². The normalized spacial score (nSPS) is 17.8. The van der Waals surface area contributed by atoms with Crippen LogP contribution in [0.25, 0.3) is 0 Å². The Morgan fingerprint density at radius 3 is 3.25 bits per heavy atom. The summed E-state index contributed by atoms with van der Waals surface area (Å²) in [5.41, 5.74) is 7.80. The van der Waals surface area contributed by atoms with Crippen LogP contribution in [0, 0.1) is 0 Å². The smallest absolute Gasteiger partial charge is 0.153 e. The summed E-state index contributed by atoms with van der Waals surface area (Å²) in [5, 5.41) is 3.98. The van der Waals surface area contributed by atoms with Crippen LogP contribution < -0.4 is 5.73 Å². The third-order valence-electron chi connectivity index (χ3n) is 2.30. The van der Waals surface area contributed by atoms with Gasteiger partial charge in [0.15, 0.2) is 5.76 Å². The Hall–Kier alpha value is -0.870. The van der Waals surface area contributed by atoms with E-state index in [4.69, 9.17) is 10.3 Å². The fraction of sp³-hybridized carbons (Fsp3) is 0.625. The molecule has 2 rings (SSSR count). The van der Waals surface area contributed by atoms with Gasteiger partial charge in [-0.3, -0.25) is 0 Å². The molecule has 1 aliphatic heterocycles. The van der Waals surface area contributed by atoms with Gasteiger partial charge in [0.25, 0.3) is 0 Å². The Kier molecular flexibility index (Phi) is 1.86. The highest BCUT2D eigenvalue weighted by Gasteiger charge is 2.20. The SMILES string of the molecule is CN1CCc2c(noc2CN)C1. The molecule has 1 aromatic rings. The summed E-state index contributed by atoms with van der Waals surface area (Å²) in [6.07, 6.45) is 1.02. The highest BCUT2D eigenvalue weighted by atomic mass is 16.5. The highest BCUT2D eigenvalue weighted by Crippen LogP contribution is 2.20. The van der Waals surface area contributed by atoms with Gasteiger partial charge in [-0.15, -0.1) is 0 Å². The Labute approximate surface area is 71.3 Å². The summed E-state index contributed by atoms with van der Waals surface area (Å²) >= 11 is 0. The molecule has 1 aliphatic rings. The molecular weight excluding hydrogens is 154 g/mol. The van der Waals surface area contributed by atoms with Gasteiger partial charge in [-0.1, -0.05) is 5.16 Å². The van der Waals surface area contributed by atoms with Crippen LogP contribution in [0.15, 0.2) is 4.52 Å². The lowest BCUT2D eigenvalue weighted by Crippen LogP contribution is -2.26. The van der Waals surface area contributed by atoms with Gasteiger partial charge >= 0.3 is 0 Å². The number of rotatable bonds is 1. The lowest BCUT2D eigenvalue weighted by Gasteiger charge is -2.20. The van der Waals surface area contributed by atoms with Crippen molar-refractivity contribution in [3.05, 3.63) is 17.0 Å². The third-order valence-corrected chi connectivity index (χ3v) is 2.30. The first-order valence-corrected chi connectivity index (χ1v) is 4.16. The molecule has 0 spiro atoms. The van der Waals surface area contributed by atoms with Crippen molar-refractivity contribution in [2.45, 2.75) is 19.5 Å². The minimum absolute atomic E-state index is 0.464. The fourth-order valence-corrected chi connectivity index (χ4v) is 1.59. The molecule has 0 saturated heterocycles. The van der Waals surface area contributed by atoms with Crippen molar-refractivity contribution >= 4 is 0 Å². The molecule has 0 aliphatic carbocycles. The van der Waals surface area contributed by atoms with Crippen molar-refractivity contribution in [2.75, 3.05) is 13.6 Å². The van der Waals surface area contributed by atoms with Crippen molar-refractivity contribution in [2.24, 2.45) is 5.73 Å². The van der Waals surface area contributed by atoms with Crippen LogP contribution in [-0.2, 0) is 19.5 Å². The number of hydrogen-bond acceptors (Lipinski definition) is 4. The van der Waals surface area contributed by atoms with Crippen LogP contribution in [0.5, 0.6) is 0 Å². The van der Waals surface area contributed by atoms with Gasteiger partial charge in [0.1, 0.15) is 5.69 Å². The average Bonchev–Trinajstić information content (AvgIpc) is 2.46. The molecule has 0 atom stereocenters. The van der Waals surface area contributed by atoms with Gasteiger partial charge in [-0.25, -0.2) is 0 Å². The zero-order chi connectivity index (χ0) is 8.55. The Bertz CT molecular complexity index is 282. The molecular formula is C8H13N3O. The van der Waals surface area contributed by atoms with E-state index in [1.54, 1.807) is 0 Å². The number of nitrogens with two attached hydrogens (primary N) is 1. The maximum atomic E-state index is 5.51. The Morgan fingerprint density at radius 1 is 1.67 bits per heavy atom. The van der Waals surface area contributed by atoms with Gasteiger partial charge in [-0.05, 0) is 13.5 Å². The monoisotopic (exact) mass is 167 g/mol. The summed E-state index contributed by atoms with van der Waals surface area (Å²) in [5.74, 6) is 0.859. The molecule has 0 unspecified atom stereocenters. The second kappa shape index (κ2) is 2.88. The van der Waals surface area contributed by atoms with E-state index in [2.05, 4.69) is 17.1 Å². The molecule has 1 aromatic heterocycles. The number of aromatic nitrogens is 1. The van der Waals surface area contributed by atoms with Crippen LogP contribution >= 0.6 is 0 Å². The quantitative estimate of drug-likeness (QED) is 0.645. The van der Waals surface area contributed by atoms with E-state index < -0.39 is 0 Å². The number of likely N-dealkylation sites (N-methyl/N-ethyl adjacent to an activating group) is 1. The van der Waals surface area contributed by atoms with Gasteiger partial charge in [0.05, 0.1) is 6.54 Å². The van der Waals surface area contributed by atoms with E-state index in [1.807, 2.05) is 0 Å². The van der Waals surface area contributed by atoms with Crippen LogP contribution in [0.2, 0.25) is 0 Å². The van der Waals surface area contributed by atoms with E-state index >= 15 is 0 Å². The highest BCUT2D eigenvalue weighted by molar-refractivity contribution is 5.25. The molecule has 66 valence electrons. The maximum Gasteiger partial charge on any atom is 0.153 e. The van der Waals surface area contributed by atoms with Crippen LogP contribution in [0.4, 0.5) is 0 Å². The molecule has 0 bridgehead atoms. The fourth-order valence-electron chi connectivity index (χ4n) is 1.59. The minimum atomic E-state index is 0.464.